The summed E-state index contributed by atoms with van der Waals surface area (Å²) in [6, 6.07) is 1.84. The predicted octanol–water partition coefficient (Wildman–Crippen LogP) is 0.341. The van der Waals surface area contributed by atoms with Gasteiger partial charge in [0.15, 0.2) is 0 Å². The van der Waals surface area contributed by atoms with E-state index in [2.05, 4.69) is 15.2 Å². The van der Waals surface area contributed by atoms with Gasteiger partial charge in [0.05, 0.1) is 6.07 Å². The van der Waals surface area contributed by atoms with E-state index in [9.17, 15) is 0 Å². The first-order chi connectivity index (χ1) is 4.43. The van der Waals surface area contributed by atoms with Crippen molar-refractivity contribution in [2.45, 2.75) is 0 Å². The maximum atomic E-state index is 8.07. The molecule has 0 radical (unpaired) electrons. The minimum absolute atomic E-state index is 0.594. The molecule has 0 fully saturated rings. The Kier molecular flexibility index (Phi) is 1.60. The Bertz CT molecular complexity index is 228. The molecule has 1 aromatic rings. The van der Waals surface area contributed by atoms with Crippen LogP contribution in [0.1, 0.15) is 5.82 Å². The van der Waals surface area contributed by atoms with Crippen molar-refractivity contribution < 1.29 is 0 Å². The molecule has 0 unspecified atom stereocenters. The number of H-pyrrole nitrogens is 1. The Morgan fingerprint density at radius 1 is 1.78 bits per heavy atom. The minimum Gasteiger partial charge on any atom is -0.260 e. The maximum absolute atomic E-state index is 8.07. The van der Waals surface area contributed by atoms with E-state index in [4.69, 9.17) is 5.26 Å². The molecular formula is C5H4N4. The normalized spacial score (nSPS) is 9.67. The van der Waals surface area contributed by atoms with Gasteiger partial charge in [-0.05, 0) is 6.08 Å². The summed E-state index contributed by atoms with van der Waals surface area (Å²) in [7, 11) is 0. The van der Waals surface area contributed by atoms with Gasteiger partial charge in [-0.15, -0.1) is 0 Å². The molecular weight excluding hydrogens is 116 g/mol. The Hall–Kier alpha value is -1.63. The SMILES string of the molecule is N#CC=Cc1ncn[nH]1. The Labute approximate surface area is 51.8 Å². The topological polar surface area (TPSA) is 65.4 Å². The summed E-state index contributed by atoms with van der Waals surface area (Å²) in [6.07, 6.45) is 4.27. The van der Waals surface area contributed by atoms with Crippen LogP contribution in [0.15, 0.2) is 12.4 Å². The zero-order valence-corrected chi connectivity index (χ0v) is 4.57. The van der Waals surface area contributed by atoms with Crippen LogP contribution >= 0.6 is 0 Å². The lowest BCUT2D eigenvalue weighted by molar-refractivity contribution is 1.08. The third-order valence-corrected chi connectivity index (χ3v) is 0.749. The Balaban J connectivity index is 2.71. The zero-order valence-electron chi connectivity index (χ0n) is 4.57. The van der Waals surface area contributed by atoms with Crippen molar-refractivity contribution in [3.63, 3.8) is 0 Å². The summed E-state index contributed by atoms with van der Waals surface area (Å²) in [5, 5.41) is 14.2. The zero-order chi connectivity index (χ0) is 6.53. The molecule has 0 atom stereocenters. The van der Waals surface area contributed by atoms with Gasteiger partial charge < -0.3 is 0 Å². The number of hydrogen-bond donors (Lipinski definition) is 1. The lowest BCUT2D eigenvalue weighted by Gasteiger charge is -1.73. The molecule has 1 rings (SSSR count). The molecule has 1 heterocycles. The summed E-state index contributed by atoms with van der Waals surface area (Å²) in [5.41, 5.74) is 0. The number of allylic oxidation sites excluding steroid dienone is 1. The molecule has 0 aliphatic rings. The molecule has 0 aliphatic carbocycles. The van der Waals surface area contributed by atoms with Crippen molar-refractivity contribution in [1.82, 2.24) is 15.2 Å². The van der Waals surface area contributed by atoms with Gasteiger partial charge >= 0.3 is 0 Å². The molecule has 9 heavy (non-hydrogen) atoms. The third kappa shape index (κ3) is 1.39. The molecule has 0 spiro atoms. The van der Waals surface area contributed by atoms with Crippen molar-refractivity contribution >= 4 is 6.08 Å². The van der Waals surface area contributed by atoms with Crippen LogP contribution in [0.3, 0.4) is 0 Å². The summed E-state index contributed by atoms with van der Waals surface area (Å²) in [6.45, 7) is 0. The summed E-state index contributed by atoms with van der Waals surface area (Å²) < 4.78 is 0. The molecule has 1 aromatic heterocycles. The third-order valence-electron chi connectivity index (χ3n) is 0.749. The van der Waals surface area contributed by atoms with Gasteiger partial charge in [-0.2, -0.15) is 10.4 Å². The van der Waals surface area contributed by atoms with Crippen LogP contribution in [0.4, 0.5) is 0 Å². The predicted molar refractivity (Wildman–Crippen MR) is 31.0 cm³/mol. The van der Waals surface area contributed by atoms with Crippen molar-refractivity contribution in [2.75, 3.05) is 0 Å². The fourth-order valence-electron chi connectivity index (χ4n) is 0.411. The molecule has 0 saturated heterocycles. The average molecular weight is 120 g/mol. The second kappa shape index (κ2) is 2.62. The van der Waals surface area contributed by atoms with Gasteiger partial charge in [-0.1, -0.05) is 0 Å². The average Bonchev–Trinajstić information content (AvgIpc) is 2.34. The van der Waals surface area contributed by atoms with E-state index in [0.29, 0.717) is 5.82 Å². The molecule has 1 N–H and O–H groups in total. The number of nitriles is 1. The molecule has 0 bridgehead atoms. The van der Waals surface area contributed by atoms with E-state index in [1.807, 2.05) is 6.07 Å². The van der Waals surface area contributed by atoms with E-state index >= 15 is 0 Å². The number of rotatable bonds is 1. The Morgan fingerprint density at radius 2 is 2.67 bits per heavy atom. The van der Waals surface area contributed by atoms with Gasteiger partial charge in [0.2, 0.25) is 0 Å². The molecule has 0 saturated carbocycles. The number of hydrogen-bond acceptors (Lipinski definition) is 3. The van der Waals surface area contributed by atoms with Crippen molar-refractivity contribution in [3.05, 3.63) is 18.2 Å². The first-order valence-electron chi connectivity index (χ1n) is 2.35. The molecule has 44 valence electrons. The lowest BCUT2D eigenvalue weighted by Crippen LogP contribution is -1.71. The monoisotopic (exact) mass is 120 g/mol. The first kappa shape index (κ1) is 5.51. The minimum atomic E-state index is 0.594. The van der Waals surface area contributed by atoms with E-state index in [1.165, 1.54) is 12.4 Å². The second-order valence-corrected chi connectivity index (χ2v) is 1.33. The smallest absolute Gasteiger partial charge is 0.148 e. The van der Waals surface area contributed by atoms with Crippen LogP contribution in [-0.2, 0) is 0 Å². The van der Waals surface area contributed by atoms with Crippen LogP contribution in [0.5, 0.6) is 0 Å². The number of nitrogens with zero attached hydrogens (tertiary/aromatic N) is 3. The van der Waals surface area contributed by atoms with Crippen LogP contribution < -0.4 is 0 Å². The lowest BCUT2D eigenvalue weighted by atomic mass is 10.5. The highest BCUT2D eigenvalue weighted by Gasteiger charge is 1.82. The highest BCUT2D eigenvalue weighted by Crippen LogP contribution is 1.86. The molecule has 0 aromatic carbocycles. The van der Waals surface area contributed by atoms with E-state index in [0.717, 1.165) is 0 Å². The fourth-order valence-corrected chi connectivity index (χ4v) is 0.411. The van der Waals surface area contributed by atoms with Gasteiger partial charge in [-0.3, -0.25) is 5.10 Å². The summed E-state index contributed by atoms with van der Waals surface area (Å²) in [5.74, 6) is 0.594. The summed E-state index contributed by atoms with van der Waals surface area (Å²) in [4.78, 5) is 3.75. The maximum Gasteiger partial charge on any atom is 0.148 e. The van der Waals surface area contributed by atoms with Crippen molar-refractivity contribution in [2.24, 2.45) is 0 Å². The summed E-state index contributed by atoms with van der Waals surface area (Å²) >= 11 is 0. The molecule has 4 nitrogen and oxygen atoms in total. The standard InChI is InChI=1S/C5H4N4/c6-3-1-2-5-7-4-8-9-5/h1-2,4H,(H,7,8,9). The van der Waals surface area contributed by atoms with Crippen molar-refractivity contribution in [3.8, 4) is 6.07 Å². The van der Waals surface area contributed by atoms with E-state index in [-0.39, 0.29) is 0 Å². The molecule has 0 aliphatic heterocycles. The van der Waals surface area contributed by atoms with Gasteiger partial charge in [0.1, 0.15) is 12.2 Å². The van der Waals surface area contributed by atoms with Gasteiger partial charge in [0.25, 0.3) is 0 Å². The van der Waals surface area contributed by atoms with Gasteiger partial charge in [0, 0.05) is 6.08 Å². The van der Waals surface area contributed by atoms with Crippen LogP contribution in [0.25, 0.3) is 6.08 Å². The molecule has 4 heteroatoms. The van der Waals surface area contributed by atoms with E-state index in [1.54, 1.807) is 6.08 Å². The fraction of sp³-hybridized carbons (Fsp3) is 0. The highest BCUT2D eigenvalue weighted by molar-refractivity contribution is 5.42. The highest BCUT2D eigenvalue weighted by atomic mass is 15.2. The quantitative estimate of drug-likeness (QED) is 0.543. The molecule has 0 amide bonds. The Morgan fingerprint density at radius 3 is 3.22 bits per heavy atom. The van der Waals surface area contributed by atoms with Crippen molar-refractivity contribution in [1.29, 1.82) is 5.26 Å². The largest absolute Gasteiger partial charge is 0.260 e. The van der Waals surface area contributed by atoms with E-state index < -0.39 is 0 Å². The van der Waals surface area contributed by atoms with Gasteiger partial charge in [-0.25, -0.2) is 4.98 Å². The number of aromatic amines is 1. The number of nitrogens with one attached hydrogen (secondary N) is 1. The second-order valence-electron chi connectivity index (χ2n) is 1.33. The number of aromatic nitrogens is 3. The first-order valence-corrected chi connectivity index (χ1v) is 2.35. The van der Waals surface area contributed by atoms with Crippen LogP contribution in [-0.4, -0.2) is 15.2 Å². The van der Waals surface area contributed by atoms with Crippen LogP contribution in [0, 0.1) is 11.3 Å². The van der Waals surface area contributed by atoms with Crippen LogP contribution in [0.2, 0.25) is 0 Å².